The van der Waals surface area contributed by atoms with Crippen molar-refractivity contribution in [3.05, 3.63) is 59.9 Å². The molecule has 5 heteroatoms. The second-order valence-electron chi connectivity index (χ2n) is 4.66. The first-order chi connectivity index (χ1) is 10.2. The lowest BCUT2D eigenvalue weighted by molar-refractivity contribution is -0.116. The van der Waals surface area contributed by atoms with E-state index in [1.54, 1.807) is 6.07 Å². The molecule has 106 valence electrons. The molecule has 0 aliphatic rings. The summed E-state index contributed by atoms with van der Waals surface area (Å²) in [6, 6.07) is 14.0. The molecule has 3 nitrogen and oxygen atoms in total. The van der Waals surface area contributed by atoms with Gasteiger partial charge in [-0.05, 0) is 36.2 Å². The Hall–Kier alpha value is -2.27. The van der Waals surface area contributed by atoms with Gasteiger partial charge in [-0.15, -0.1) is 0 Å². The number of amides is 1. The van der Waals surface area contributed by atoms with Crippen molar-refractivity contribution >= 4 is 32.6 Å². The van der Waals surface area contributed by atoms with Crippen LogP contribution in [0.3, 0.4) is 0 Å². The summed E-state index contributed by atoms with van der Waals surface area (Å²) < 4.78 is 14.1. The van der Waals surface area contributed by atoms with Crippen LogP contribution in [-0.2, 0) is 11.2 Å². The second kappa shape index (κ2) is 6.01. The van der Waals surface area contributed by atoms with Gasteiger partial charge >= 0.3 is 0 Å². The molecule has 1 aromatic heterocycles. The molecule has 1 amide bonds. The smallest absolute Gasteiger partial charge is 0.226 e. The fraction of sp³-hybridized carbons (Fsp3) is 0.125. The highest BCUT2D eigenvalue weighted by Gasteiger charge is 2.08. The fourth-order valence-electron chi connectivity index (χ4n) is 2.06. The van der Waals surface area contributed by atoms with Crippen LogP contribution in [0.15, 0.2) is 48.5 Å². The number of fused-ring (bicyclic) bond motifs is 1. The molecule has 0 unspecified atom stereocenters. The van der Waals surface area contributed by atoms with Crippen LogP contribution in [0.2, 0.25) is 0 Å². The fourth-order valence-corrected chi connectivity index (χ4v) is 2.94. The van der Waals surface area contributed by atoms with Crippen LogP contribution in [0.4, 0.5) is 9.52 Å². The van der Waals surface area contributed by atoms with Crippen molar-refractivity contribution < 1.29 is 9.18 Å². The summed E-state index contributed by atoms with van der Waals surface area (Å²) in [7, 11) is 0. The Kier molecular flexibility index (Phi) is 3.92. The van der Waals surface area contributed by atoms with Crippen molar-refractivity contribution in [2.45, 2.75) is 12.8 Å². The average molecular weight is 300 g/mol. The van der Waals surface area contributed by atoms with Crippen molar-refractivity contribution in [1.29, 1.82) is 0 Å². The largest absolute Gasteiger partial charge is 0.302 e. The highest BCUT2D eigenvalue weighted by molar-refractivity contribution is 7.22. The third kappa shape index (κ3) is 3.44. The Morgan fingerprint density at radius 3 is 2.86 bits per heavy atom. The molecular weight excluding hydrogens is 287 g/mol. The number of halogens is 1. The number of anilines is 1. The maximum absolute atomic E-state index is 13.0. The van der Waals surface area contributed by atoms with E-state index in [-0.39, 0.29) is 11.7 Å². The zero-order chi connectivity index (χ0) is 14.7. The predicted molar refractivity (Wildman–Crippen MR) is 83.0 cm³/mol. The molecule has 1 N–H and O–H groups in total. The van der Waals surface area contributed by atoms with Crippen molar-refractivity contribution in [3.63, 3.8) is 0 Å². The van der Waals surface area contributed by atoms with E-state index in [1.807, 2.05) is 30.3 Å². The van der Waals surface area contributed by atoms with Crippen LogP contribution in [0, 0.1) is 5.82 Å². The SMILES string of the molecule is O=C(CCc1cccc(F)c1)Nc1nc2ccccc2s1. The highest BCUT2D eigenvalue weighted by Crippen LogP contribution is 2.25. The van der Waals surface area contributed by atoms with Crippen LogP contribution >= 0.6 is 11.3 Å². The van der Waals surface area contributed by atoms with Crippen molar-refractivity contribution in [2.24, 2.45) is 0 Å². The van der Waals surface area contributed by atoms with Crippen molar-refractivity contribution in [3.8, 4) is 0 Å². The molecule has 2 aromatic carbocycles. The van der Waals surface area contributed by atoms with Gasteiger partial charge in [-0.3, -0.25) is 4.79 Å². The third-order valence-corrected chi connectivity index (χ3v) is 4.02. The van der Waals surface area contributed by atoms with Crippen molar-refractivity contribution in [1.82, 2.24) is 4.98 Å². The summed E-state index contributed by atoms with van der Waals surface area (Å²) in [4.78, 5) is 16.3. The minimum atomic E-state index is -0.279. The molecule has 0 atom stereocenters. The molecule has 0 aliphatic carbocycles. The van der Waals surface area contributed by atoms with Gasteiger partial charge in [-0.2, -0.15) is 0 Å². The first-order valence-electron chi connectivity index (χ1n) is 6.60. The van der Waals surface area contributed by atoms with Gasteiger partial charge in [-0.1, -0.05) is 35.6 Å². The van der Waals surface area contributed by atoms with E-state index in [0.717, 1.165) is 15.8 Å². The Bertz CT molecular complexity index is 752. The summed E-state index contributed by atoms with van der Waals surface area (Å²) in [6.07, 6.45) is 0.813. The number of para-hydroxylation sites is 1. The standard InChI is InChI=1S/C16H13FN2OS/c17-12-5-3-4-11(10-12)8-9-15(20)19-16-18-13-6-1-2-7-14(13)21-16/h1-7,10H,8-9H2,(H,18,19,20). The number of carbonyl (C=O) groups is 1. The number of aryl methyl sites for hydroxylation is 1. The number of carbonyl (C=O) groups excluding carboxylic acids is 1. The van der Waals surface area contributed by atoms with Gasteiger partial charge < -0.3 is 5.32 Å². The number of hydrogen-bond acceptors (Lipinski definition) is 3. The number of thiazole rings is 1. The number of benzene rings is 2. The van der Waals surface area contributed by atoms with E-state index >= 15 is 0 Å². The van der Waals surface area contributed by atoms with Gasteiger partial charge in [0.2, 0.25) is 5.91 Å². The number of aromatic nitrogens is 1. The molecule has 0 bridgehead atoms. The normalized spacial score (nSPS) is 10.7. The molecule has 0 saturated carbocycles. The average Bonchev–Trinajstić information content (AvgIpc) is 2.87. The number of nitrogens with zero attached hydrogens (tertiary/aromatic N) is 1. The lowest BCUT2D eigenvalue weighted by Crippen LogP contribution is -2.12. The van der Waals surface area contributed by atoms with E-state index in [2.05, 4.69) is 10.3 Å². The maximum atomic E-state index is 13.0. The molecule has 0 radical (unpaired) electrons. The van der Waals surface area contributed by atoms with Crippen LogP contribution in [0.25, 0.3) is 10.2 Å². The quantitative estimate of drug-likeness (QED) is 0.791. The number of hydrogen-bond donors (Lipinski definition) is 1. The molecule has 1 heterocycles. The molecule has 0 aliphatic heterocycles. The maximum Gasteiger partial charge on any atom is 0.226 e. The van der Waals surface area contributed by atoms with Crippen LogP contribution < -0.4 is 5.32 Å². The monoisotopic (exact) mass is 300 g/mol. The van der Waals surface area contributed by atoms with E-state index in [0.29, 0.717) is 18.0 Å². The first kappa shape index (κ1) is 13.7. The van der Waals surface area contributed by atoms with Gasteiger partial charge in [0.25, 0.3) is 0 Å². The van der Waals surface area contributed by atoms with Gasteiger partial charge in [0, 0.05) is 6.42 Å². The van der Waals surface area contributed by atoms with Crippen LogP contribution in [-0.4, -0.2) is 10.9 Å². The van der Waals surface area contributed by atoms with Gasteiger partial charge in [-0.25, -0.2) is 9.37 Å². The summed E-state index contributed by atoms with van der Waals surface area (Å²) in [6.45, 7) is 0. The third-order valence-electron chi connectivity index (χ3n) is 3.07. The molecule has 3 aromatic rings. The Balaban J connectivity index is 1.61. The van der Waals surface area contributed by atoms with Gasteiger partial charge in [0.1, 0.15) is 5.82 Å². The molecular formula is C16H13FN2OS. The Morgan fingerprint density at radius 2 is 2.05 bits per heavy atom. The number of rotatable bonds is 4. The Labute approximate surface area is 125 Å². The molecule has 3 rings (SSSR count). The summed E-state index contributed by atoms with van der Waals surface area (Å²) in [5.41, 5.74) is 1.69. The molecule has 0 spiro atoms. The lowest BCUT2D eigenvalue weighted by atomic mass is 10.1. The number of nitrogens with one attached hydrogen (secondary N) is 1. The zero-order valence-corrected chi connectivity index (χ0v) is 12.0. The summed E-state index contributed by atoms with van der Waals surface area (Å²) in [5, 5.41) is 3.39. The zero-order valence-electron chi connectivity index (χ0n) is 11.2. The van der Waals surface area contributed by atoms with Gasteiger partial charge in [0.05, 0.1) is 10.2 Å². The van der Waals surface area contributed by atoms with E-state index < -0.39 is 0 Å². The van der Waals surface area contributed by atoms with Crippen LogP contribution in [0.1, 0.15) is 12.0 Å². The van der Waals surface area contributed by atoms with E-state index in [1.165, 1.54) is 23.5 Å². The van der Waals surface area contributed by atoms with E-state index in [9.17, 15) is 9.18 Å². The van der Waals surface area contributed by atoms with Gasteiger partial charge in [0.15, 0.2) is 5.13 Å². The molecule has 21 heavy (non-hydrogen) atoms. The lowest BCUT2D eigenvalue weighted by Gasteiger charge is -2.02. The Morgan fingerprint density at radius 1 is 1.19 bits per heavy atom. The first-order valence-corrected chi connectivity index (χ1v) is 7.42. The molecule has 0 saturated heterocycles. The second-order valence-corrected chi connectivity index (χ2v) is 5.70. The van der Waals surface area contributed by atoms with E-state index in [4.69, 9.17) is 0 Å². The topological polar surface area (TPSA) is 42.0 Å². The van der Waals surface area contributed by atoms with Crippen molar-refractivity contribution in [2.75, 3.05) is 5.32 Å². The minimum Gasteiger partial charge on any atom is -0.302 e. The van der Waals surface area contributed by atoms with Crippen LogP contribution in [0.5, 0.6) is 0 Å². The molecule has 0 fully saturated rings. The predicted octanol–water partition coefficient (Wildman–Crippen LogP) is 4.01. The summed E-state index contributed by atoms with van der Waals surface area (Å²) >= 11 is 1.45. The minimum absolute atomic E-state index is 0.113. The summed E-state index contributed by atoms with van der Waals surface area (Å²) in [5.74, 6) is -0.391. The highest BCUT2D eigenvalue weighted by atomic mass is 32.1.